The number of halogens is 2. The second-order valence-electron chi connectivity index (χ2n) is 2.25. The highest BCUT2D eigenvalue weighted by molar-refractivity contribution is 7.78. The molecule has 0 heterocycles. The third-order valence-corrected chi connectivity index (χ3v) is 1.67. The van der Waals surface area contributed by atoms with Crippen LogP contribution in [0.4, 0.5) is 4.39 Å². The van der Waals surface area contributed by atoms with Crippen LogP contribution in [0.1, 0.15) is 5.56 Å². The zero-order chi connectivity index (χ0) is 11.0. The van der Waals surface area contributed by atoms with Crippen LogP contribution in [0, 0.1) is 5.82 Å². The van der Waals surface area contributed by atoms with Gasteiger partial charge in [0.1, 0.15) is 5.82 Å². The van der Waals surface area contributed by atoms with Gasteiger partial charge in [-0.2, -0.15) is 0 Å². The molecular formula is C8H11ClFN3S. The Bertz CT molecular complexity index is 296. The summed E-state index contributed by atoms with van der Waals surface area (Å²) in [5, 5.41) is 0.518. The number of nitrogens with one attached hydrogen (secondary N) is 1. The lowest BCUT2D eigenvalue weighted by Gasteiger charge is -2.01. The van der Waals surface area contributed by atoms with Gasteiger partial charge in [-0.05, 0) is 23.8 Å². The second kappa shape index (κ2) is 7.64. The van der Waals surface area contributed by atoms with E-state index in [1.807, 2.05) is 0 Å². The molecule has 0 bridgehead atoms. The van der Waals surface area contributed by atoms with Crippen molar-refractivity contribution in [2.45, 2.75) is 6.54 Å². The molecule has 0 aliphatic rings. The Morgan fingerprint density at radius 2 is 2.14 bits per heavy atom. The largest absolute Gasteiger partial charge is 0.396 e. The molecule has 0 aromatic heterocycles. The van der Waals surface area contributed by atoms with Gasteiger partial charge in [0.05, 0.1) is 5.49 Å². The number of benzene rings is 1. The second-order valence-corrected chi connectivity index (χ2v) is 2.93. The average Bonchev–Trinajstić information content (AvgIpc) is 2.13. The smallest absolute Gasteiger partial charge is 0.123 e. The molecular weight excluding hydrogens is 225 g/mol. The number of nitrogens with two attached hydrogens (primary N) is 2. The fourth-order valence-corrected chi connectivity index (χ4v) is 0.973. The zero-order valence-corrected chi connectivity index (χ0v) is 8.91. The van der Waals surface area contributed by atoms with E-state index in [0.717, 1.165) is 5.49 Å². The molecule has 78 valence electrons. The Kier molecular flexibility index (Phi) is 7.23. The molecule has 0 spiro atoms. The van der Waals surface area contributed by atoms with Gasteiger partial charge in [-0.15, -0.1) is 0 Å². The molecule has 0 aliphatic carbocycles. The Balaban J connectivity index is 0.000000500. The van der Waals surface area contributed by atoms with Crippen LogP contribution >= 0.6 is 23.8 Å². The van der Waals surface area contributed by atoms with Crippen LogP contribution in [0.25, 0.3) is 0 Å². The summed E-state index contributed by atoms with van der Waals surface area (Å²) >= 11 is 9.76. The predicted octanol–water partition coefficient (Wildman–Crippen LogP) is 1.34. The topological polar surface area (TPSA) is 64.1 Å². The van der Waals surface area contributed by atoms with Gasteiger partial charge in [0, 0.05) is 11.6 Å². The standard InChI is InChI=1S/C7H8ClFN2.CH3NS/c8-7-2-1-6(9)3-5(7)4-11-10;2-1-3/h1-3,11H,4,10H2;1H,(H2,2,3). The van der Waals surface area contributed by atoms with Crippen LogP contribution in [0.5, 0.6) is 0 Å². The van der Waals surface area contributed by atoms with E-state index in [4.69, 9.17) is 17.4 Å². The van der Waals surface area contributed by atoms with E-state index >= 15 is 0 Å². The van der Waals surface area contributed by atoms with Crippen molar-refractivity contribution in [3.05, 3.63) is 34.6 Å². The van der Waals surface area contributed by atoms with Gasteiger partial charge in [0.25, 0.3) is 0 Å². The SMILES string of the molecule is NC=S.NNCc1cc(F)ccc1Cl. The average molecular weight is 236 g/mol. The van der Waals surface area contributed by atoms with E-state index in [0.29, 0.717) is 17.1 Å². The summed E-state index contributed by atoms with van der Waals surface area (Å²) in [6, 6.07) is 4.16. The molecule has 14 heavy (non-hydrogen) atoms. The minimum Gasteiger partial charge on any atom is -0.396 e. The van der Waals surface area contributed by atoms with Crippen molar-refractivity contribution in [2.24, 2.45) is 11.6 Å². The number of rotatable bonds is 2. The highest BCUT2D eigenvalue weighted by Gasteiger charge is 1.99. The van der Waals surface area contributed by atoms with E-state index in [-0.39, 0.29) is 5.82 Å². The van der Waals surface area contributed by atoms with Crippen molar-refractivity contribution in [1.82, 2.24) is 5.43 Å². The van der Waals surface area contributed by atoms with Crippen molar-refractivity contribution >= 4 is 29.3 Å². The first-order chi connectivity index (χ1) is 6.65. The molecule has 0 unspecified atom stereocenters. The summed E-state index contributed by atoms with van der Waals surface area (Å²) in [6.45, 7) is 0.372. The van der Waals surface area contributed by atoms with Crippen molar-refractivity contribution in [2.75, 3.05) is 0 Å². The molecule has 0 aliphatic heterocycles. The molecule has 1 aromatic carbocycles. The molecule has 0 atom stereocenters. The van der Waals surface area contributed by atoms with Gasteiger partial charge < -0.3 is 5.73 Å². The van der Waals surface area contributed by atoms with Gasteiger partial charge in [0.2, 0.25) is 0 Å². The van der Waals surface area contributed by atoms with Crippen molar-refractivity contribution in [1.29, 1.82) is 0 Å². The van der Waals surface area contributed by atoms with E-state index in [9.17, 15) is 4.39 Å². The molecule has 1 rings (SSSR count). The first-order valence-electron chi connectivity index (χ1n) is 3.68. The summed E-state index contributed by atoms with van der Waals surface area (Å²) < 4.78 is 12.5. The van der Waals surface area contributed by atoms with Crippen LogP contribution in [0.2, 0.25) is 5.02 Å². The summed E-state index contributed by atoms with van der Waals surface area (Å²) in [6.07, 6.45) is 0. The van der Waals surface area contributed by atoms with E-state index < -0.39 is 0 Å². The number of hydrogen-bond donors (Lipinski definition) is 3. The van der Waals surface area contributed by atoms with Gasteiger partial charge in [-0.1, -0.05) is 23.8 Å². The fraction of sp³-hybridized carbons (Fsp3) is 0.125. The third kappa shape index (κ3) is 5.08. The number of hydrogen-bond acceptors (Lipinski definition) is 3. The predicted molar refractivity (Wildman–Crippen MR) is 60.3 cm³/mol. The van der Waals surface area contributed by atoms with Gasteiger partial charge in [0.15, 0.2) is 0 Å². The Hall–Kier alpha value is -0.750. The molecule has 0 amide bonds. The molecule has 3 nitrogen and oxygen atoms in total. The Morgan fingerprint density at radius 1 is 1.57 bits per heavy atom. The maximum Gasteiger partial charge on any atom is 0.123 e. The van der Waals surface area contributed by atoms with Crippen LogP contribution < -0.4 is 17.0 Å². The van der Waals surface area contributed by atoms with E-state index in [1.165, 1.54) is 18.2 Å². The highest BCUT2D eigenvalue weighted by atomic mass is 35.5. The van der Waals surface area contributed by atoms with Crippen LogP contribution in [-0.2, 0) is 6.54 Å². The van der Waals surface area contributed by atoms with Crippen LogP contribution in [-0.4, -0.2) is 5.49 Å². The van der Waals surface area contributed by atoms with Gasteiger partial charge >= 0.3 is 0 Å². The zero-order valence-electron chi connectivity index (χ0n) is 7.34. The fourth-order valence-electron chi connectivity index (χ4n) is 0.789. The molecule has 0 radical (unpaired) electrons. The normalized spacial score (nSPS) is 8.79. The van der Waals surface area contributed by atoms with Crippen molar-refractivity contribution in [3.63, 3.8) is 0 Å². The lowest BCUT2D eigenvalue weighted by molar-refractivity contribution is 0.622. The maximum atomic E-state index is 12.5. The Morgan fingerprint density at radius 3 is 2.64 bits per heavy atom. The lowest BCUT2D eigenvalue weighted by atomic mass is 10.2. The minimum atomic E-state index is -0.306. The molecule has 1 aromatic rings. The summed E-state index contributed by atoms with van der Waals surface area (Å²) in [5.41, 5.74) is 8.68. The summed E-state index contributed by atoms with van der Waals surface area (Å²) in [5.74, 6) is 4.74. The highest BCUT2D eigenvalue weighted by Crippen LogP contribution is 2.16. The van der Waals surface area contributed by atoms with Gasteiger partial charge in [-0.3, -0.25) is 11.3 Å². The first-order valence-corrected chi connectivity index (χ1v) is 4.53. The molecule has 0 saturated heterocycles. The molecule has 0 saturated carbocycles. The summed E-state index contributed by atoms with van der Waals surface area (Å²) in [7, 11) is 0. The molecule has 6 heteroatoms. The van der Waals surface area contributed by atoms with Crippen LogP contribution in [0.3, 0.4) is 0 Å². The van der Waals surface area contributed by atoms with E-state index in [2.05, 4.69) is 23.4 Å². The van der Waals surface area contributed by atoms with Crippen molar-refractivity contribution < 1.29 is 4.39 Å². The van der Waals surface area contributed by atoms with Crippen molar-refractivity contribution in [3.8, 4) is 0 Å². The monoisotopic (exact) mass is 235 g/mol. The quantitative estimate of drug-likeness (QED) is 0.411. The van der Waals surface area contributed by atoms with Gasteiger partial charge in [-0.25, -0.2) is 4.39 Å². The van der Waals surface area contributed by atoms with E-state index in [1.54, 1.807) is 0 Å². The first kappa shape index (κ1) is 13.2. The molecule has 0 fully saturated rings. The number of thiocarbonyl (C=S) groups is 1. The Labute approximate surface area is 92.2 Å². The lowest BCUT2D eigenvalue weighted by Crippen LogP contribution is -2.21. The summed E-state index contributed by atoms with van der Waals surface area (Å²) in [4.78, 5) is 0. The third-order valence-electron chi connectivity index (χ3n) is 1.30. The number of hydrazine groups is 1. The minimum absolute atomic E-state index is 0.306. The van der Waals surface area contributed by atoms with Crippen LogP contribution in [0.15, 0.2) is 18.2 Å². The molecule has 5 N–H and O–H groups in total. The maximum absolute atomic E-state index is 12.5.